The first-order chi connectivity index (χ1) is 14.9. The molecule has 0 spiro atoms. The molecule has 1 atom stereocenters. The summed E-state index contributed by atoms with van der Waals surface area (Å²) in [6, 6.07) is 11.7. The average molecular weight is 439 g/mol. The molecule has 2 fully saturated rings. The number of aliphatic hydroxyl groups is 1. The summed E-state index contributed by atoms with van der Waals surface area (Å²) in [5.41, 5.74) is 1.52. The van der Waals surface area contributed by atoms with Crippen molar-refractivity contribution in [3.63, 3.8) is 0 Å². The molecule has 0 bridgehead atoms. The number of β-amino-alcohol motifs (C(OH)–C–C–N with tert-alkyl or cyclic N) is 1. The van der Waals surface area contributed by atoms with Gasteiger partial charge in [-0.2, -0.15) is 0 Å². The number of amides is 2. The molecule has 2 N–H and O–H groups in total. The first-order valence-electron chi connectivity index (χ1n) is 10.3. The number of nitrogens with zero attached hydrogens (tertiary/aromatic N) is 5. The Morgan fingerprint density at radius 2 is 2.10 bits per heavy atom. The van der Waals surface area contributed by atoms with Crippen molar-refractivity contribution in [3.05, 3.63) is 53.3 Å². The van der Waals surface area contributed by atoms with E-state index in [1.807, 2.05) is 30.3 Å². The number of urea groups is 1. The van der Waals surface area contributed by atoms with Crippen LogP contribution in [0.2, 0.25) is 5.02 Å². The van der Waals surface area contributed by atoms with Gasteiger partial charge in [0.2, 0.25) is 0 Å². The Labute approximate surface area is 184 Å². The largest absolute Gasteiger partial charge is 0.386 e. The fourth-order valence-corrected chi connectivity index (χ4v) is 4.58. The molecular formula is C22H23ClN6O2. The van der Waals surface area contributed by atoms with Crippen molar-refractivity contribution in [3.8, 4) is 0 Å². The molecule has 1 unspecified atom stereocenters. The van der Waals surface area contributed by atoms with Crippen LogP contribution in [-0.2, 0) is 0 Å². The third kappa shape index (κ3) is 3.88. The molecule has 2 aliphatic rings. The lowest BCUT2D eigenvalue weighted by Gasteiger charge is -2.43. The maximum Gasteiger partial charge on any atom is 0.323 e. The summed E-state index contributed by atoms with van der Waals surface area (Å²) in [5.74, 6) is 1.18. The van der Waals surface area contributed by atoms with Crippen LogP contribution in [0.4, 0.5) is 16.4 Å². The molecule has 3 aromatic rings. The third-order valence-electron chi connectivity index (χ3n) is 5.82. The van der Waals surface area contributed by atoms with Gasteiger partial charge in [-0.1, -0.05) is 23.7 Å². The second-order valence-corrected chi connectivity index (χ2v) is 8.89. The van der Waals surface area contributed by atoms with Gasteiger partial charge in [-0.3, -0.25) is 5.32 Å². The summed E-state index contributed by atoms with van der Waals surface area (Å²) in [7, 11) is 0. The van der Waals surface area contributed by atoms with Gasteiger partial charge >= 0.3 is 6.03 Å². The Morgan fingerprint density at radius 1 is 1.26 bits per heavy atom. The molecule has 5 rings (SSSR count). The highest BCUT2D eigenvalue weighted by Crippen LogP contribution is 2.37. The number of benzene rings is 1. The topological polar surface area (TPSA) is 94.5 Å². The van der Waals surface area contributed by atoms with E-state index in [4.69, 9.17) is 16.6 Å². The monoisotopic (exact) mass is 438 g/mol. The maximum atomic E-state index is 12.5. The van der Waals surface area contributed by atoms with Gasteiger partial charge in [0.15, 0.2) is 5.82 Å². The minimum atomic E-state index is -0.832. The van der Waals surface area contributed by atoms with Crippen molar-refractivity contribution < 1.29 is 9.90 Å². The van der Waals surface area contributed by atoms with Crippen LogP contribution in [0.25, 0.3) is 11.0 Å². The first-order valence-corrected chi connectivity index (χ1v) is 10.7. The number of hydrogen-bond acceptors (Lipinski definition) is 6. The van der Waals surface area contributed by atoms with E-state index in [2.05, 4.69) is 26.3 Å². The maximum absolute atomic E-state index is 12.5. The zero-order chi connectivity index (χ0) is 21.6. The van der Waals surface area contributed by atoms with Gasteiger partial charge in [-0.05, 0) is 49.6 Å². The van der Waals surface area contributed by atoms with Crippen LogP contribution in [0.1, 0.15) is 31.4 Å². The zero-order valence-electron chi connectivity index (χ0n) is 17.1. The van der Waals surface area contributed by atoms with Gasteiger partial charge in [0.05, 0.1) is 30.2 Å². The summed E-state index contributed by atoms with van der Waals surface area (Å²) >= 11 is 6.21. The molecule has 2 aromatic heterocycles. The highest BCUT2D eigenvalue weighted by atomic mass is 35.5. The summed E-state index contributed by atoms with van der Waals surface area (Å²) in [5, 5.41) is 13.4. The quantitative estimate of drug-likeness (QED) is 0.648. The Balaban J connectivity index is 1.44. The molecule has 4 heterocycles. The predicted molar refractivity (Wildman–Crippen MR) is 119 cm³/mol. The number of likely N-dealkylation sites (tertiary alicyclic amines) is 1. The van der Waals surface area contributed by atoms with Gasteiger partial charge in [0.1, 0.15) is 17.7 Å². The van der Waals surface area contributed by atoms with Crippen molar-refractivity contribution in [1.29, 1.82) is 0 Å². The Morgan fingerprint density at radius 3 is 2.87 bits per heavy atom. The van der Waals surface area contributed by atoms with E-state index in [9.17, 15) is 9.90 Å². The molecule has 9 heteroatoms. The van der Waals surface area contributed by atoms with E-state index in [0.29, 0.717) is 16.9 Å². The predicted octanol–water partition coefficient (Wildman–Crippen LogP) is 3.62. The number of anilines is 2. The molecule has 31 heavy (non-hydrogen) atoms. The fraction of sp³-hybridized carbons (Fsp3) is 0.364. The fourth-order valence-electron chi connectivity index (χ4n) is 4.38. The molecule has 2 saturated heterocycles. The van der Waals surface area contributed by atoms with Crippen LogP contribution in [-0.4, -0.2) is 56.2 Å². The van der Waals surface area contributed by atoms with Crippen LogP contribution < -0.4 is 10.2 Å². The van der Waals surface area contributed by atoms with Gasteiger partial charge in [-0.15, -0.1) is 0 Å². The Kier molecular flexibility index (Phi) is 4.91. The molecule has 2 aliphatic heterocycles. The SMILES string of the molecule is CC1(O)CN(C(=O)Nc2ncnc3ccc(N4CCCC4c4cccc(Cl)c4)nc23)C1. The van der Waals surface area contributed by atoms with Crippen LogP contribution in [0.5, 0.6) is 0 Å². The normalized spacial score (nSPS) is 20.0. The molecule has 160 valence electrons. The zero-order valence-corrected chi connectivity index (χ0v) is 17.9. The minimum Gasteiger partial charge on any atom is -0.386 e. The molecule has 8 nitrogen and oxygen atoms in total. The van der Waals surface area contributed by atoms with E-state index >= 15 is 0 Å². The molecule has 2 amide bonds. The minimum absolute atomic E-state index is 0.189. The van der Waals surface area contributed by atoms with E-state index in [1.165, 1.54) is 11.2 Å². The number of hydrogen-bond donors (Lipinski definition) is 2. The van der Waals surface area contributed by atoms with E-state index in [0.717, 1.165) is 35.8 Å². The highest BCUT2D eigenvalue weighted by Gasteiger charge is 2.39. The van der Waals surface area contributed by atoms with Gasteiger partial charge in [0.25, 0.3) is 0 Å². The number of nitrogens with one attached hydrogen (secondary N) is 1. The lowest BCUT2D eigenvalue weighted by Crippen LogP contribution is -2.62. The first kappa shape index (κ1) is 20.0. The van der Waals surface area contributed by atoms with Crippen molar-refractivity contribution in [1.82, 2.24) is 19.9 Å². The second-order valence-electron chi connectivity index (χ2n) is 8.45. The number of fused-ring (bicyclic) bond motifs is 1. The summed E-state index contributed by atoms with van der Waals surface area (Å²) in [6.07, 6.45) is 3.49. The number of pyridine rings is 1. The number of aromatic nitrogens is 3. The van der Waals surface area contributed by atoms with Crippen molar-refractivity contribution in [2.45, 2.75) is 31.4 Å². The molecule has 0 aliphatic carbocycles. The number of rotatable bonds is 3. The smallest absolute Gasteiger partial charge is 0.323 e. The molecular weight excluding hydrogens is 416 g/mol. The Hall–Kier alpha value is -2.97. The standard InChI is InChI=1S/C22H23ClN6O2/c1-22(31)11-28(12-22)21(30)27-20-19-16(24-13-25-20)7-8-18(26-19)29-9-3-6-17(29)14-4-2-5-15(23)10-14/h2,4-5,7-8,10,13,17,31H,3,6,9,11-12H2,1H3,(H,24,25,27,30). The van der Waals surface area contributed by atoms with Gasteiger partial charge in [-0.25, -0.2) is 19.7 Å². The molecule has 0 saturated carbocycles. The summed E-state index contributed by atoms with van der Waals surface area (Å²) < 4.78 is 0. The highest BCUT2D eigenvalue weighted by molar-refractivity contribution is 6.30. The molecule has 0 radical (unpaired) electrons. The number of halogens is 1. The van der Waals surface area contributed by atoms with Gasteiger partial charge in [0, 0.05) is 11.6 Å². The summed E-state index contributed by atoms with van der Waals surface area (Å²) in [4.78, 5) is 29.7. The van der Waals surface area contributed by atoms with Gasteiger partial charge < -0.3 is 14.9 Å². The van der Waals surface area contributed by atoms with E-state index in [-0.39, 0.29) is 25.2 Å². The average Bonchev–Trinajstić information content (AvgIpc) is 3.22. The number of carbonyl (C=O) groups excluding carboxylic acids is 1. The van der Waals surface area contributed by atoms with E-state index < -0.39 is 5.60 Å². The van der Waals surface area contributed by atoms with Crippen LogP contribution >= 0.6 is 11.6 Å². The van der Waals surface area contributed by atoms with Crippen molar-refractivity contribution in [2.75, 3.05) is 29.9 Å². The molecule has 1 aromatic carbocycles. The number of carbonyl (C=O) groups is 1. The lowest BCUT2D eigenvalue weighted by atomic mass is 9.98. The van der Waals surface area contributed by atoms with Crippen molar-refractivity contribution in [2.24, 2.45) is 0 Å². The van der Waals surface area contributed by atoms with Crippen LogP contribution in [0, 0.1) is 0 Å². The second kappa shape index (κ2) is 7.62. The Bertz CT molecular complexity index is 1150. The van der Waals surface area contributed by atoms with Crippen LogP contribution in [0.15, 0.2) is 42.7 Å². The van der Waals surface area contributed by atoms with E-state index in [1.54, 1.807) is 6.92 Å². The van der Waals surface area contributed by atoms with Crippen molar-refractivity contribution >= 4 is 40.3 Å². The third-order valence-corrected chi connectivity index (χ3v) is 6.06. The van der Waals surface area contributed by atoms with Crippen LogP contribution in [0.3, 0.4) is 0 Å². The summed E-state index contributed by atoms with van der Waals surface area (Å²) in [6.45, 7) is 3.16. The lowest BCUT2D eigenvalue weighted by molar-refractivity contribution is -0.0581.